The van der Waals surface area contributed by atoms with Crippen molar-refractivity contribution in [2.24, 2.45) is 0 Å². The molecule has 0 saturated carbocycles. The number of hydrogen-bond donors (Lipinski definition) is 2. The Hall–Kier alpha value is -0.520. The van der Waals surface area contributed by atoms with E-state index in [1.807, 2.05) is 0 Å². The minimum Gasteiger partial charge on any atom is -0.393 e. The first-order chi connectivity index (χ1) is 5.70. The fourth-order valence-electron chi connectivity index (χ4n) is 0.995. The number of rotatable bonds is 6. The van der Waals surface area contributed by atoms with Crippen LogP contribution in [0.1, 0.15) is 33.1 Å². The van der Waals surface area contributed by atoms with Gasteiger partial charge >= 0.3 is 0 Å². The molecule has 0 aliphatic rings. The Kier molecular flexibility index (Phi) is 6.84. The Bertz CT molecular complexity index is 137. The zero-order chi connectivity index (χ0) is 9.40. The van der Waals surface area contributed by atoms with Crippen molar-refractivity contribution in [2.75, 3.05) is 6.54 Å². The van der Waals surface area contributed by atoms with E-state index in [-0.39, 0.29) is 12.1 Å². The normalized spacial score (nSPS) is 15.2. The van der Waals surface area contributed by atoms with Crippen molar-refractivity contribution in [3.05, 3.63) is 0 Å². The monoisotopic (exact) mass is 169 g/mol. The van der Waals surface area contributed by atoms with Gasteiger partial charge in [-0.05, 0) is 32.7 Å². The Morgan fingerprint density at radius 2 is 2.25 bits per heavy atom. The van der Waals surface area contributed by atoms with Crippen molar-refractivity contribution >= 4 is 0 Å². The maximum Gasteiger partial charge on any atom is 0.0684 e. The van der Waals surface area contributed by atoms with Crippen LogP contribution in [0.25, 0.3) is 0 Å². The van der Waals surface area contributed by atoms with E-state index in [0.29, 0.717) is 0 Å². The Morgan fingerprint density at radius 3 is 2.67 bits per heavy atom. The van der Waals surface area contributed by atoms with Crippen LogP contribution in [0.15, 0.2) is 0 Å². The van der Waals surface area contributed by atoms with E-state index in [1.165, 1.54) is 0 Å². The fourth-order valence-corrected chi connectivity index (χ4v) is 0.995. The predicted octanol–water partition coefficient (Wildman–Crippen LogP) is 1.15. The van der Waals surface area contributed by atoms with E-state index in [9.17, 15) is 0 Å². The lowest BCUT2D eigenvalue weighted by molar-refractivity contribution is 0.181. The molecule has 0 saturated heterocycles. The van der Waals surface area contributed by atoms with Gasteiger partial charge in [-0.15, -0.1) is 6.42 Å². The molecule has 2 heteroatoms. The van der Waals surface area contributed by atoms with E-state index in [4.69, 9.17) is 11.5 Å². The molecule has 0 radical (unpaired) electrons. The van der Waals surface area contributed by atoms with Gasteiger partial charge in [0.05, 0.1) is 12.1 Å². The molecule has 0 fully saturated rings. The molecule has 2 nitrogen and oxygen atoms in total. The molecule has 0 heterocycles. The van der Waals surface area contributed by atoms with Crippen LogP contribution >= 0.6 is 0 Å². The van der Waals surface area contributed by atoms with Crippen LogP contribution in [0.2, 0.25) is 0 Å². The van der Waals surface area contributed by atoms with E-state index in [2.05, 4.69) is 18.2 Å². The van der Waals surface area contributed by atoms with Gasteiger partial charge in [0, 0.05) is 0 Å². The SMILES string of the molecule is C#CC(CC)NCCCC(C)O. The zero-order valence-electron chi connectivity index (χ0n) is 8.01. The molecule has 0 aromatic carbocycles. The highest BCUT2D eigenvalue weighted by atomic mass is 16.3. The van der Waals surface area contributed by atoms with Crippen LogP contribution < -0.4 is 5.32 Å². The summed E-state index contributed by atoms with van der Waals surface area (Å²) in [7, 11) is 0. The summed E-state index contributed by atoms with van der Waals surface area (Å²) in [4.78, 5) is 0. The molecule has 0 aliphatic heterocycles. The lowest BCUT2D eigenvalue weighted by Crippen LogP contribution is -2.28. The van der Waals surface area contributed by atoms with E-state index >= 15 is 0 Å². The largest absolute Gasteiger partial charge is 0.393 e. The van der Waals surface area contributed by atoms with Gasteiger partial charge in [0.25, 0.3) is 0 Å². The molecule has 2 atom stereocenters. The van der Waals surface area contributed by atoms with E-state index < -0.39 is 0 Å². The Labute approximate surface area is 75.4 Å². The Morgan fingerprint density at radius 1 is 1.58 bits per heavy atom. The van der Waals surface area contributed by atoms with Crippen molar-refractivity contribution in [2.45, 2.75) is 45.3 Å². The smallest absolute Gasteiger partial charge is 0.0684 e. The molecule has 0 rings (SSSR count). The molecule has 0 amide bonds. The molecular weight excluding hydrogens is 150 g/mol. The molecule has 0 aromatic rings. The first-order valence-electron chi connectivity index (χ1n) is 4.58. The van der Waals surface area contributed by atoms with Gasteiger partial charge in [-0.2, -0.15) is 0 Å². The minimum atomic E-state index is -0.197. The molecule has 0 aliphatic carbocycles. The first kappa shape index (κ1) is 11.5. The van der Waals surface area contributed by atoms with Crippen molar-refractivity contribution < 1.29 is 5.11 Å². The highest BCUT2D eigenvalue weighted by Crippen LogP contribution is 1.95. The number of aliphatic hydroxyl groups excluding tert-OH is 1. The topological polar surface area (TPSA) is 32.3 Å². The third kappa shape index (κ3) is 6.21. The van der Waals surface area contributed by atoms with E-state index in [1.54, 1.807) is 6.92 Å². The number of aliphatic hydroxyl groups is 1. The molecule has 2 N–H and O–H groups in total. The third-order valence-corrected chi connectivity index (χ3v) is 1.80. The fraction of sp³-hybridized carbons (Fsp3) is 0.800. The zero-order valence-corrected chi connectivity index (χ0v) is 8.01. The molecular formula is C10H19NO. The maximum absolute atomic E-state index is 8.96. The molecule has 0 spiro atoms. The molecule has 2 unspecified atom stereocenters. The lowest BCUT2D eigenvalue weighted by Gasteiger charge is -2.10. The van der Waals surface area contributed by atoms with Gasteiger partial charge in [0.15, 0.2) is 0 Å². The van der Waals surface area contributed by atoms with Crippen LogP contribution in [0.3, 0.4) is 0 Å². The van der Waals surface area contributed by atoms with Crippen molar-refractivity contribution in [1.82, 2.24) is 5.32 Å². The molecule has 0 aromatic heterocycles. The summed E-state index contributed by atoms with van der Waals surface area (Å²) < 4.78 is 0. The quantitative estimate of drug-likeness (QED) is 0.462. The van der Waals surface area contributed by atoms with Gasteiger partial charge in [0.2, 0.25) is 0 Å². The highest BCUT2D eigenvalue weighted by Gasteiger charge is 2.00. The number of hydrogen-bond acceptors (Lipinski definition) is 2. The number of nitrogens with one attached hydrogen (secondary N) is 1. The van der Waals surface area contributed by atoms with Crippen molar-refractivity contribution in [3.63, 3.8) is 0 Å². The second-order valence-electron chi connectivity index (χ2n) is 3.07. The average molecular weight is 169 g/mol. The van der Waals surface area contributed by atoms with Crippen molar-refractivity contribution in [1.29, 1.82) is 0 Å². The summed E-state index contributed by atoms with van der Waals surface area (Å²) in [6.07, 6.45) is 7.85. The van der Waals surface area contributed by atoms with E-state index in [0.717, 1.165) is 25.8 Å². The minimum absolute atomic E-state index is 0.194. The highest BCUT2D eigenvalue weighted by molar-refractivity contribution is 4.97. The summed E-state index contributed by atoms with van der Waals surface area (Å²) in [5, 5.41) is 12.2. The summed E-state index contributed by atoms with van der Waals surface area (Å²) in [5.74, 6) is 2.67. The second kappa shape index (κ2) is 7.15. The average Bonchev–Trinajstić information content (AvgIpc) is 2.04. The predicted molar refractivity (Wildman–Crippen MR) is 51.8 cm³/mol. The van der Waals surface area contributed by atoms with Crippen LogP contribution in [0.4, 0.5) is 0 Å². The standard InChI is InChI=1S/C10H19NO/c1-4-10(5-2)11-8-6-7-9(3)12/h1,9-12H,5-8H2,2-3H3. The Balaban J connectivity index is 3.25. The lowest BCUT2D eigenvalue weighted by atomic mass is 10.2. The summed E-state index contributed by atoms with van der Waals surface area (Å²) in [6.45, 7) is 4.76. The number of terminal acetylenes is 1. The van der Waals surface area contributed by atoms with Crippen LogP contribution in [0, 0.1) is 12.3 Å². The van der Waals surface area contributed by atoms with Gasteiger partial charge < -0.3 is 10.4 Å². The first-order valence-corrected chi connectivity index (χ1v) is 4.58. The molecule has 12 heavy (non-hydrogen) atoms. The summed E-state index contributed by atoms with van der Waals surface area (Å²) >= 11 is 0. The summed E-state index contributed by atoms with van der Waals surface area (Å²) in [6, 6.07) is 0.194. The van der Waals surface area contributed by atoms with Gasteiger partial charge in [-0.1, -0.05) is 12.8 Å². The molecule has 0 bridgehead atoms. The third-order valence-electron chi connectivity index (χ3n) is 1.80. The summed E-state index contributed by atoms with van der Waals surface area (Å²) in [5.41, 5.74) is 0. The molecule has 70 valence electrons. The van der Waals surface area contributed by atoms with Gasteiger partial charge in [-0.25, -0.2) is 0 Å². The van der Waals surface area contributed by atoms with Crippen LogP contribution in [0.5, 0.6) is 0 Å². The second-order valence-corrected chi connectivity index (χ2v) is 3.07. The van der Waals surface area contributed by atoms with Gasteiger partial charge in [-0.3, -0.25) is 0 Å². The van der Waals surface area contributed by atoms with Crippen molar-refractivity contribution in [3.8, 4) is 12.3 Å². The van der Waals surface area contributed by atoms with Crippen LogP contribution in [-0.4, -0.2) is 23.8 Å². The van der Waals surface area contributed by atoms with Crippen LogP contribution in [-0.2, 0) is 0 Å². The van der Waals surface area contributed by atoms with Gasteiger partial charge in [0.1, 0.15) is 0 Å². The maximum atomic E-state index is 8.96.